The first kappa shape index (κ1) is 16.8. The van der Waals surface area contributed by atoms with Crippen LogP contribution in [0.4, 0.5) is 20.3 Å². The number of amides is 1. The van der Waals surface area contributed by atoms with E-state index in [4.69, 9.17) is 4.74 Å². The van der Waals surface area contributed by atoms with E-state index >= 15 is 0 Å². The molecule has 0 bridgehead atoms. The Morgan fingerprint density at radius 3 is 2.57 bits per heavy atom. The summed E-state index contributed by atoms with van der Waals surface area (Å²) >= 11 is 0. The fourth-order valence-corrected chi connectivity index (χ4v) is 1.87. The minimum atomic E-state index is -0.716. The molecule has 1 heterocycles. The van der Waals surface area contributed by atoms with Gasteiger partial charge in [0.15, 0.2) is 0 Å². The summed E-state index contributed by atoms with van der Waals surface area (Å²) in [4.78, 5) is 15.8. The number of para-hydroxylation sites is 1. The Balaban J connectivity index is 1.98. The standard InChI is InChI=1S/C16H17F2N3O2/c1-23-9-3-8-19-16(22)11-6-7-14(20-10-11)21-15-12(17)4-2-5-13(15)18/h2,4-7,10H,3,8-9H2,1H3,(H,19,22)(H,20,21). The van der Waals surface area contributed by atoms with Crippen molar-refractivity contribution in [2.24, 2.45) is 0 Å². The highest BCUT2D eigenvalue weighted by Crippen LogP contribution is 2.21. The number of methoxy groups -OCH3 is 1. The molecule has 1 aromatic carbocycles. The van der Waals surface area contributed by atoms with Crippen molar-refractivity contribution in [2.75, 3.05) is 25.6 Å². The van der Waals surface area contributed by atoms with E-state index in [9.17, 15) is 13.6 Å². The molecule has 5 nitrogen and oxygen atoms in total. The van der Waals surface area contributed by atoms with Gasteiger partial charge in [-0.1, -0.05) is 6.07 Å². The lowest BCUT2D eigenvalue weighted by Gasteiger charge is -2.09. The molecule has 0 atom stereocenters. The number of carbonyl (C=O) groups is 1. The van der Waals surface area contributed by atoms with Gasteiger partial charge in [0.05, 0.1) is 5.56 Å². The van der Waals surface area contributed by atoms with Gasteiger partial charge in [-0.2, -0.15) is 0 Å². The second-order valence-corrected chi connectivity index (χ2v) is 4.76. The Morgan fingerprint density at radius 2 is 1.96 bits per heavy atom. The summed E-state index contributed by atoms with van der Waals surface area (Å²) in [6.45, 7) is 1.06. The maximum absolute atomic E-state index is 13.5. The van der Waals surface area contributed by atoms with Crippen LogP contribution < -0.4 is 10.6 Å². The van der Waals surface area contributed by atoms with Crippen LogP contribution in [0, 0.1) is 11.6 Å². The molecule has 7 heteroatoms. The third-order valence-electron chi connectivity index (χ3n) is 3.05. The zero-order valence-electron chi connectivity index (χ0n) is 12.6. The first-order valence-corrected chi connectivity index (χ1v) is 7.06. The van der Waals surface area contributed by atoms with E-state index in [2.05, 4.69) is 15.6 Å². The van der Waals surface area contributed by atoms with Gasteiger partial charge in [0.25, 0.3) is 5.91 Å². The lowest BCUT2D eigenvalue weighted by molar-refractivity contribution is 0.0948. The number of pyridine rings is 1. The minimum Gasteiger partial charge on any atom is -0.385 e. The SMILES string of the molecule is COCCCNC(=O)c1ccc(Nc2c(F)cccc2F)nc1. The van der Waals surface area contributed by atoms with Crippen molar-refractivity contribution in [2.45, 2.75) is 6.42 Å². The van der Waals surface area contributed by atoms with E-state index in [0.29, 0.717) is 25.1 Å². The number of ether oxygens (including phenoxy) is 1. The number of rotatable bonds is 7. The summed E-state index contributed by atoms with van der Waals surface area (Å²) in [6, 6.07) is 6.58. The van der Waals surface area contributed by atoms with E-state index in [-0.39, 0.29) is 17.4 Å². The van der Waals surface area contributed by atoms with Crippen molar-refractivity contribution >= 4 is 17.4 Å². The number of nitrogens with zero attached hydrogens (tertiary/aromatic N) is 1. The Hall–Kier alpha value is -2.54. The van der Waals surface area contributed by atoms with Crippen molar-refractivity contribution in [3.8, 4) is 0 Å². The number of nitrogens with one attached hydrogen (secondary N) is 2. The molecule has 0 aliphatic heterocycles. The zero-order chi connectivity index (χ0) is 16.7. The number of hydrogen-bond acceptors (Lipinski definition) is 4. The molecule has 0 fully saturated rings. The van der Waals surface area contributed by atoms with E-state index in [0.717, 1.165) is 12.1 Å². The average molecular weight is 321 g/mol. The molecule has 0 aliphatic carbocycles. The van der Waals surface area contributed by atoms with Gasteiger partial charge in [-0.25, -0.2) is 13.8 Å². The largest absolute Gasteiger partial charge is 0.385 e. The van der Waals surface area contributed by atoms with Crippen LogP contribution >= 0.6 is 0 Å². The predicted molar refractivity (Wildman–Crippen MR) is 82.7 cm³/mol. The molecule has 1 amide bonds. The van der Waals surface area contributed by atoms with Gasteiger partial charge in [0.1, 0.15) is 23.1 Å². The Kier molecular flexibility index (Phi) is 5.99. The smallest absolute Gasteiger partial charge is 0.252 e. The van der Waals surface area contributed by atoms with Crippen LogP contribution in [0.15, 0.2) is 36.5 Å². The lowest BCUT2D eigenvalue weighted by Crippen LogP contribution is -2.25. The molecule has 23 heavy (non-hydrogen) atoms. The van der Waals surface area contributed by atoms with Crippen molar-refractivity contribution in [3.05, 3.63) is 53.7 Å². The van der Waals surface area contributed by atoms with Crippen LogP contribution in [0.25, 0.3) is 0 Å². The van der Waals surface area contributed by atoms with Crippen LogP contribution in [0.1, 0.15) is 16.8 Å². The van der Waals surface area contributed by atoms with Crippen LogP contribution in [0.3, 0.4) is 0 Å². The normalized spacial score (nSPS) is 10.4. The Labute approximate surface area is 132 Å². The van der Waals surface area contributed by atoms with Gasteiger partial charge in [0.2, 0.25) is 0 Å². The summed E-state index contributed by atoms with van der Waals surface area (Å²) < 4.78 is 32.0. The van der Waals surface area contributed by atoms with Gasteiger partial charge in [-0.05, 0) is 30.7 Å². The fourth-order valence-electron chi connectivity index (χ4n) is 1.87. The predicted octanol–water partition coefficient (Wildman–Crippen LogP) is 2.87. The van der Waals surface area contributed by atoms with E-state index < -0.39 is 11.6 Å². The highest BCUT2D eigenvalue weighted by atomic mass is 19.1. The molecule has 0 aliphatic rings. The lowest BCUT2D eigenvalue weighted by atomic mass is 10.2. The second-order valence-electron chi connectivity index (χ2n) is 4.76. The highest BCUT2D eigenvalue weighted by molar-refractivity contribution is 5.94. The first-order valence-electron chi connectivity index (χ1n) is 7.06. The Morgan fingerprint density at radius 1 is 1.22 bits per heavy atom. The second kappa shape index (κ2) is 8.19. The minimum absolute atomic E-state index is 0.241. The molecule has 2 rings (SSSR count). The fraction of sp³-hybridized carbons (Fsp3) is 0.250. The third kappa shape index (κ3) is 4.72. The topological polar surface area (TPSA) is 63.2 Å². The van der Waals surface area contributed by atoms with Gasteiger partial charge < -0.3 is 15.4 Å². The summed E-state index contributed by atoms with van der Waals surface area (Å²) in [7, 11) is 1.59. The molecule has 2 N–H and O–H groups in total. The molecular formula is C16H17F2N3O2. The van der Waals surface area contributed by atoms with Crippen molar-refractivity contribution in [3.63, 3.8) is 0 Å². The molecular weight excluding hydrogens is 304 g/mol. The van der Waals surface area contributed by atoms with Gasteiger partial charge in [-0.15, -0.1) is 0 Å². The molecule has 0 saturated carbocycles. The summed E-state index contributed by atoms with van der Waals surface area (Å²) in [5.74, 6) is -1.46. The number of benzene rings is 1. The van der Waals surface area contributed by atoms with Crippen LogP contribution in [0.2, 0.25) is 0 Å². The number of aromatic nitrogens is 1. The van der Waals surface area contributed by atoms with E-state index in [1.807, 2.05) is 0 Å². The van der Waals surface area contributed by atoms with E-state index in [1.54, 1.807) is 7.11 Å². The molecule has 0 saturated heterocycles. The van der Waals surface area contributed by atoms with Gasteiger partial charge >= 0.3 is 0 Å². The number of hydrogen-bond donors (Lipinski definition) is 2. The summed E-state index contributed by atoms with van der Waals surface area (Å²) in [5.41, 5.74) is 0.0822. The Bertz CT molecular complexity index is 643. The van der Waals surface area contributed by atoms with E-state index in [1.165, 1.54) is 24.4 Å². The number of anilines is 2. The van der Waals surface area contributed by atoms with Crippen LogP contribution in [0.5, 0.6) is 0 Å². The molecule has 122 valence electrons. The van der Waals surface area contributed by atoms with Gasteiger partial charge in [-0.3, -0.25) is 4.79 Å². The van der Waals surface area contributed by atoms with Crippen molar-refractivity contribution < 1.29 is 18.3 Å². The maximum atomic E-state index is 13.5. The van der Waals surface area contributed by atoms with Crippen molar-refractivity contribution in [1.29, 1.82) is 0 Å². The van der Waals surface area contributed by atoms with Crippen LogP contribution in [-0.4, -0.2) is 31.2 Å². The number of halogens is 2. The zero-order valence-corrected chi connectivity index (χ0v) is 12.6. The summed E-state index contributed by atoms with van der Waals surface area (Å²) in [6.07, 6.45) is 2.05. The molecule has 0 unspecified atom stereocenters. The maximum Gasteiger partial charge on any atom is 0.252 e. The monoisotopic (exact) mass is 321 g/mol. The molecule has 2 aromatic rings. The first-order chi connectivity index (χ1) is 11.1. The van der Waals surface area contributed by atoms with Crippen molar-refractivity contribution in [1.82, 2.24) is 10.3 Å². The van der Waals surface area contributed by atoms with Gasteiger partial charge in [0, 0.05) is 26.5 Å². The summed E-state index contributed by atoms with van der Waals surface area (Å²) in [5, 5.41) is 5.28. The third-order valence-corrected chi connectivity index (χ3v) is 3.05. The highest BCUT2D eigenvalue weighted by Gasteiger charge is 2.10. The quantitative estimate of drug-likeness (QED) is 0.770. The molecule has 0 radical (unpaired) electrons. The average Bonchev–Trinajstić information content (AvgIpc) is 2.55. The number of carbonyl (C=O) groups excluding carboxylic acids is 1. The molecule has 1 aromatic heterocycles. The van der Waals surface area contributed by atoms with Crippen LogP contribution in [-0.2, 0) is 4.74 Å². The molecule has 0 spiro atoms.